The fraction of sp³-hybridized carbons (Fsp3) is 0.545. The number of carbonyl (C=O) groups is 2. The summed E-state index contributed by atoms with van der Waals surface area (Å²) in [5.74, 6) is -1.44. The van der Waals surface area contributed by atoms with Crippen LogP contribution in [-0.2, 0) is 19.7 Å². The SMILES string of the molecule is CC(C)(C(=O)O)c1csc(NCCOCC(N)=O)n1. The Kier molecular flexibility index (Phi) is 5.25. The van der Waals surface area contributed by atoms with Crippen molar-refractivity contribution >= 4 is 28.3 Å². The molecule has 0 spiro atoms. The van der Waals surface area contributed by atoms with Gasteiger partial charge in [0.05, 0.1) is 12.3 Å². The number of hydrogen-bond donors (Lipinski definition) is 3. The molecule has 0 atom stereocenters. The van der Waals surface area contributed by atoms with Crippen molar-refractivity contribution in [2.24, 2.45) is 5.73 Å². The van der Waals surface area contributed by atoms with Crippen molar-refractivity contribution < 1.29 is 19.4 Å². The van der Waals surface area contributed by atoms with Gasteiger partial charge < -0.3 is 20.9 Å². The van der Waals surface area contributed by atoms with Gasteiger partial charge in [-0.2, -0.15) is 0 Å². The second kappa shape index (κ2) is 6.48. The van der Waals surface area contributed by atoms with Gasteiger partial charge >= 0.3 is 5.97 Å². The number of nitrogens with zero attached hydrogens (tertiary/aromatic N) is 1. The maximum absolute atomic E-state index is 11.1. The smallest absolute Gasteiger partial charge is 0.315 e. The van der Waals surface area contributed by atoms with Crippen LogP contribution < -0.4 is 11.1 Å². The predicted octanol–water partition coefficient (Wildman–Crippen LogP) is 0.419. The number of ether oxygens (including phenoxy) is 1. The number of hydrogen-bond acceptors (Lipinski definition) is 6. The zero-order valence-corrected chi connectivity index (χ0v) is 11.6. The highest BCUT2D eigenvalue weighted by Crippen LogP contribution is 2.27. The molecular weight excluding hydrogens is 270 g/mol. The van der Waals surface area contributed by atoms with Gasteiger partial charge in [0.15, 0.2) is 5.13 Å². The Morgan fingerprint density at radius 3 is 2.84 bits per heavy atom. The number of thiazole rings is 1. The first kappa shape index (κ1) is 15.4. The molecule has 0 aromatic carbocycles. The van der Waals surface area contributed by atoms with Crippen LogP contribution in [-0.4, -0.2) is 41.7 Å². The van der Waals surface area contributed by atoms with Gasteiger partial charge in [-0.1, -0.05) is 0 Å². The van der Waals surface area contributed by atoms with Crippen LogP contribution in [0.3, 0.4) is 0 Å². The highest BCUT2D eigenvalue weighted by atomic mass is 32.1. The van der Waals surface area contributed by atoms with Crippen molar-refractivity contribution in [1.29, 1.82) is 0 Å². The first-order chi connectivity index (χ1) is 8.84. The number of nitrogens with two attached hydrogens (primary N) is 1. The van der Waals surface area contributed by atoms with Crippen molar-refractivity contribution in [2.45, 2.75) is 19.3 Å². The van der Waals surface area contributed by atoms with Gasteiger partial charge in [0.2, 0.25) is 5.91 Å². The lowest BCUT2D eigenvalue weighted by atomic mass is 9.90. The molecule has 7 nitrogen and oxygen atoms in total. The number of carboxylic acids is 1. The zero-order valence-electron chi connectivity index (χ0n) is 10.8. The topological polar surface area (TPSA) is 115 Å². The van der Waals surface area contributed by atoms with E-state index >= 15 is 0 Å². The zero-order chi connectivity index (χ0) is 14.5. The third kappa shape index (κ3) is 4.49. The van der Waals surface area contributed by atoms with Crippen LogP contribution in [0.1, 0.15) is 19.5 Å². The monoisotopic (exact) mass is 287 g/mol. The third-order valence-corrected chi connectivity index (χ3v) is 3.25. The van der Waals surface area contributed by atoms with E-state index in [9.17, 15) is 9.59 Å². The van der Waals surface area contributed by atoms with Gasteiger partial charge in [0.25, 0.3) is 0 Å². The molecule has 1 heterocycles. The van der Waals surface area contributed by atoms with Gasteiger partial charge in [-0.25, -0.2) is 4.98 Å². The number of anilines is 1. The quantitative estimate of drug-likeness (QED) is 0.597. The van der Waals surface area contributed by atoms with Gasteiger partial charge in [0.1, 0.15) is 12.0 Å². The molecule has 0 radical (unpaired) electrons. The molecule has 106 valence electrons. The summed E-state index contributed by atoms with van der Waals surface area (Å²) in [4.78, 5) is 25.7. The Hall–Kier alpha value is -1.67. The average Bonchev–Trinajstić information content (AvgIpc) is 2.77. The lowest BCUT2D eigenvalue weighted by Gasteiger charge is -2.15. The van der Waals surface area contributed by atoms with E-state index < -0.39 is 17.3 Å². The molecule has 1 aromatic rings. The highest BCUT2D eigenvalue weighted by molar-refractivity contribution is 7.13. The lowest BCUT2D eigenvalue weighted by Crippen LogP contribution is -2.28. The summed E-state index contributed by atoms with van der Waals surface area (Å²) in [6.45, 7) is 3.87. The molecule has 0 unspecified atom stereocenters. The number of nitrogens with one attached hydrogen (secondary N) is 1. The van der Waals surface area contributed by atoms with E-state index in [1.165, 1.54) is 11.3 Å². The summed E-state index contributed by atoms with van der Waals surface area (Å²) in [6.07, 6.45) is 0. The van der Waals surface area contributed by atoms with E-state index in [0.717, 1.165) is 0 Å². The number of aromatic nitrogens is 1. The maximum Gasteiger partial charge on any atom is 0.315 e. The molecule has 0 aliphatic heterocycles. The molecule has 19 heavy (non-hydrogen) atoms. The lowest BCUT2D eigenvalue weighted by molar-refractivity contribution is -0.142. The van der Waals surface area contributed by atoms with Crippen molar-refractivity contribution in [3.8, 4) is 0 Å². The maximum atomic E-state index is 11.1. The van der Waals surface area contributed by atoms with Gasteiger partial charge in [-0.05, 0) is 13.8 Å². The molecule has 1 aromatic heterocycles. The number of carbonyl (C=O) groups excluding carboxylic acids is 1. The first-order valence-electron chi connectivity index (χ1n) is 5.63. The average molecular weight is 287 g/mol. The summed E-state index contributed by atoms with van der Waals surface area (Å²) < 4.78 is 4.97. The second-order valence-corrected chi connectivity index (χ2v) is 5.27. The van der Waals surface area contributed by atoms with Gasteiger partial charge in [0, 0.05) is 11.9 Å². The summed E-state index contributed by atoms with van der Waals surface area (Å²) >= 11 is 1.33. The van der Waals surface area contributed by atoms with Crippen LogP contribution in [0.25, 0.3) is 0 Å². The van der Waals surface area contributed by atoms with E-state index in [2.05, 4.69) is 10.3 Å². The van der Waals surface area contributed by atoms with Gasteiger partial charge in [-0.3, -0.25) is 9.59 Å². The summed E-state index contributed by atoms with van der Waals surface area (Å²) in [7, 11) is 0. The number of aliphatic carboxylic acids is 1. The van der Waals surface area contributed by atoms with Crippen LogP contribution in [0.4, 0.5) is 5.13 Å². The van der Waals surface area contributed by atoms with E-state index in [1.54, 1.807) is 19.2 Å². The van der Waals surface area contributed by atoms with Crippen molar-refractivity contribution in [2.75, 3.05) is 25.1 Å². The molecular formula is C11H17N3O4S. The second-order valence-electron chi connectivity index (χ2n) is 4.41. The number of primary amides is 1. The van der Waals surface area contributed by atoms with Crippen LogP contribution in [0.15, 0.2) is 5.38 Å². The van der Waals surface area contributed by atoms with E-state index in [0.29, 0.717) is 24.0 Å². The molecule has 0 fully saturated rings. The minimum Gasteiger partial charge on any atom is -0.481 e. The summed E-state index contributed by atoms with van der Waals surface area (Å²) in [5.41, 5.74) is 4.41. The normalized spacial score (nSPS) is 11.3. The minimum absolute atomic E-state index is 0.114. The molecule has 0 saturated carbocycles. The van der Waals surface area contributed by atoms with Crippen molar-refractivity contribution in [3.05, 3.63) is 11.1 Å². The Morgan fingerprint density at radius 2 is 2.26 bits per heavy atom. The minimum atomic E-state index is -1.01. The Morgan fingerprint density at radius 1 is 1.58 bits per heavy atom. The van der Waals surface area contributed by atoms with Crippen molar-refractivity contribution in [3.63, 3.8) is 0 Å². The molecule has 0 saturated heterocycles. The highest BCUT2D eigenvalue weighted by Gasteiger charge is 2.32. The van der Waals surface area contributed by atoms with Gasteiger partial charge in [-0.15, -0.1) is 11.3 Å². The van der Waals surface area contributed by atoms with Crippen molar-refractivity contribution in [1.82, 2.24) is 4.98 Å². The van der Waals surface area contributed by atoms with Crippen LogP contribution in [0, 0.1) is 0 Å². The fourth-order valence-corrected chi connectivity index (χ4v) is 2.06. The number of carboxylic acid groups (broad SMARTS) is 1. The Balaban J connectivity index is 2.43. The molecule has 0 aliphatic carbocycles. The third-order valence-electron chi connectivity index (χ3n) is 2.45. The molecule has 1 amide bonds. The summed E-state index contributed by atoms with van der Waals surface area (Å²) in [6, 6.07) is 0. The van der Waals surface area contributed by atoms with E-state index in [-0.39, 0.29) is 6.61 Å². The fourth-order valence-electron chi connectivity index (χ4n) is 1.15. The number of amides is 1. The molecule has 1 rings (SSSR count). The Bertz CT molecular complexity index is 459. The van der Waals surface area contributed by atoms with Crippen LogP contribution in [0.2, 0.25) is 0 Å². The number of rotatable bonds is 8. The molecule has 0 bridgehead atoms. The largest absolute Gasteiger partial charge is 0.481 e. The first-order valence-corrected chi connectivity index (χ1v) is 6.51. The Labute approximate surface area is 114 Å². The summed E-state index contributed by atoms with van der Waals surface area (Å²) in [5, 5.41) is 14.4. The van der Waals surface area contributed by atoms with Crippen LogP contribution >= 0.6 is 11.3 Å². The molecule has 0 aliphatic rings. The van der Waals surface area contributed by atoms with E-state index in [4.69, 9.17) is 15.6 Å². The molecule has 8 heteroatoms. The predicted molar refractivity (Wildman–Crippen MR) is 71.3 cm³/mol. The van der Waals surface area contributed by atoms with Crippen LogP contribution in [0.5, 0.6) is 0 Å². The van der Waals surface area contributed by atoms with E-state index in [1.807, 2.05) is 0 Å². The molecule has 4 N–H and O–H groups in total. The standard InChI is InChI=1S/C11H17N3O4S/c1-11(2,9(16)17)7-6-19-10(14-7)13-3-4-18-5-8(12)15/h6H,3-5H2,1-2H3,(H2,12,15)(H,13,14)(H,16,17).